The van der Waals surface area contributed by atoms with E-state index in [1.807, 2.05) is 0 Å². The number of aliphatic imine (C=N–C) groups is 1. The van der Waals surface area contributed by atoms with Crippen LogP contribution in [0.3, 0.4) is 0 Å². The molecule has 4 nitrogen and oxygen atoms in total. The molecule has 2 aliphatic heterocycles. The van der Waals surface area contributed by atoms with Crippen LogP contribution in [0.15, 0.2) is 4.99 Å². The summed E-state index contributed by atoms with van der Waals surface area (Å²) in [5.41, 5.74) is 0. The third kappa shape index (κ3) is 1.71. The maximum Gasteiger partial charge on any atom is 0.331 e. The van der Waals surface area contributed by atoms with Gasteiger partial charge in [-0.3, -0.25) is 4.99 Å². The lowest BCUT2D eigenvalue weighted by Crippen LogP contribution is -2.45. The van der Waals surface area contributed by atoms with Crippen molar-refractivity contribution in [1.29, 1.82) is 0 Å². The standard InChI is InChI=1S/C8H12N2O2S/c1-12-8(11)6-4-13-7(10-6)5-2-9-3-5/h5-6,9H,2-4H2,1H3. The molecule has 1 saturated heterocycles. The van der Waals surface area contributed by atoms with Crippen molar-refractivity contribution in [3.8, 4) is 0 Å². The summed E-state index contributed by atoms with van der Waals surface area (Å²) in [5, 5.41) is 4.31. The molecule has 0 radical (unpaired) electrons. The van der Waals surface area contributed by atoms with Crippen molar-refractivity contribution in [2.24, 2.45) is 10.9 Å². The molecule has 1 N–H and O–H groups in total. The van der Waals surface area contributed by atoms with Gasteiger partial charge in [0.05, 0.1) is 12.2 Å². The van der Waals surface area contributed by atoms with Crippen molar-refractivity contribution < 1.29 is 9.53 Å². The molecule has 0 bridgehead atoms. The first-order valence-electron chi connectivity index (χ1n) is 4.30. The summed E-state index contributed by atoms with van der Waals surface area (Å²) in [6.07, 6.45) is 0. The van der Waals surface area contributed by atoms with Gasteiger partial charge in [0.2, 0.25) is 0 Å². The van der Waals surface area contributed by atoms with E-state index in [-0.39, 0.29) is 12.0 Å². The third-order valence-corrected chi connectivity index (χ3v) is 3.49. The minimum absolute atomic E-state index is 0.213. The predicted octanol–water partition coefficient (Wildman–Crippen LogP) is -0.107. The third-order valence-electron chi connectivity index (χ3n) is 2.28. The summed E-state index contributed by atoms with van der Waals surface area (Å²) in [4.78, 5) is 15.5. The Hall–Kier alpha value is -0.550. The Labute approximate surface area is 81.1 Å². The molecular formula is C8H12N2O2S. The molecule has 0 aromatic rings. The van der Waals surface area contributed by atoms with E-state index in [9.17, 15) is 4.79 Å². The Balaban J connectivity index is 1.96. The van der Waals surface area contributed by atoms with Crippen LogP contribution in [0.5, 0.6) is 0 Å². The van der Waals surface area contributed by atoms with Gasteiger partial charge in [0, 0.05) is 24.8 Å². The van der Waals surface area contributed by atoms with Crippen molar-refractivity contribution in [3.63, 3.8) is 0 Å². The lowest BCUT2D eigenvalue weighted by molar-refractivity contribution is -0.141. The second-order valence-electron chi connectivity index (χ2n) is 3.17. The molecule has 2 heterocycles. The van der Waals surface area contributed by atoms with Gasteiger partial charge in [-0.15, -0.1) is 11.8 Å². The van der Waals surface area contributed by atoms with E-state index < -0.39 is 0 Å². The monoisotopic (exact) mass is 200 g/mol. The Kier molecular flexibility index (Phi) is 2.55. The topological polar surface area (TPSA) is 50.7 Å². The van der Waals surface area contributed by atoms with E-state index in [2.05, 4.69) is 15.0 Å². The van der Waals surface area contributed by atoms with Crippen molar-refractivity contribution in [2.75, 3.05) is 26.0 Å². The van der Waals surface area contributed by atoms with Crippen LogP contribution in [0.1, 0.15) is 0 Å². The summed E-state index contributed by atoms with van der Waals surface area (Å²) in [7, 11) is 1.41. The van der Waals surface area contributed by atoms with Gasteiger partial charge in [-0.05, 0) is 0 Å². The highest BCUT2D eigenvalue weighted by Crippen LogP contribution is 2.25. The molecule has 0 aromatic heterocycles. The van der Waals surface area contributed by atoms with Gasteiger partial charge in [-0.1, -0.05) is 0 Å². The Morgan fingerprint density at radius 3 is 3.00 bits per heavy atom. The molecule has 1 fully saturated rings. The molecule has 72 valence electrons. The van der Waals surface area contributed by atoms with E-state index in [1.54, 1.807) is 11.8 Å². The van der Waals surface area contributed by atoms with Crippen molar-refractivity contribution in [1.82, 2.24) is 5.32 Å². The largest absolute Gasteiger partial charge is 0.467 e. The summed E-state index contributed by atoms with van der Waals surface area (Å²) in [5.74, 6) is 1.08. The number of carbonyl (C=O) groups is 1. The highest BCUT2D eigenvalue weighted by molar-refractivity contribution is 8.14. The van der Waals surface area contributed by atoms with Crippen LogP contribution in [0.4, 0.5) is 0 Å². The highest BCUT2D eigenvalue weighted by Gasteiger charge is 2.32. The van der Waals surface area contributed by atoms with Crippen molar-refractivity contribution >= 4 is 22.8 Å². The van der Waals surface area contributed by atoms with Gasteiger partial charge >= 0.3 is 5.97 Å². The molecule has 0 amide bonds. The number of ether oxygens (including phenoxy) is 1. The minimum atomic E-state index is -0.259. The average molecular weight is 200 g/mol. The summed E-state index contributed by atoms with van der Waals surface area (Å²) >= 11 is 1.69. The van der Waals surface area contributed by atoms with Gasteiger partial charge in [-0.25, -0.2) is 4.79 Å². The maximum absolute atomic E-state index is 11.1. The van der Waals surface area contributed by atoms with E-state index in [1.165, 1.54) is 7.11 Å². The zero-order valence-electron chi connectivity index (χ0n) is 7.45. The number of esters is 1. The highest BCUT2D eigenvalue weighted by atomic mass is 32.2. The molecule has 1 unspecified atom stereocenters. The molecular weight excluding hydrogens is 188 g/mol. The number of rotatable bonds is 2. The number of hydrogen-bond acceptors (Lipinski definition) is 5. The number of nitrogens with one attached hydrogen (secondary N) is 1. The van der Waals surface area contributed by atoms with Gasteiger partial charge < -0.3 is 10.1 Å². The number of carbonyl (C=O) groups excluding carboxylic acids is 1. The maximum atomic E-state index is 11.1. The molecule has 0 aromatic carbocycles. The number of hydrogen-bond donors (Lipinski definition) is 1. The first kappa shape index (κ1) is 9.02. The van der Waals surface area contributed by atoms with Gasteiger partial charge in [0.25, 0.3) is 0 Å². The van der Waals surface area contributed by atoms with Crippen LogP contribution in [0.25, 0.3) is 0 Å². The fourth-order valence-corrected chi connectivity index (χ4v) is 2.48. The Morgan fingerprint density at radius 2 is 2.46 bits per heavy atom. The van der Waals surface area contributed by atoms with Crippen LogP contribution < -0.4 is 5.32 Å². The zero-order chi connectivity index (χ0) is 9.26. The molecule has 1 atom stereocenters. The average Bonchev–Trinajstić information content (AvgIpc) is 2.49. The van der Waals surface area contributed by atoms with E-state index >= 15 is 0 Å². The second kappa shape index (κ2) is 3.67. The smallest absolute Gasteiger partial charge is 0.331 e. The molecule has 0 spiro atoms. The molecule has 2 aliphatic rings. The van der Waals surface area contributed by atoms with Crippen LogP contribution in [0, 0.1) is 5.92 Å². The summed E-state index contributed by atoms with van der Waals surface area (Å²) in [6, 6.07) is -0.259. The van der Waals surface area contributed by atoms with Crippen LogP contribution in [-0.2, 0) is 9.53 Å². The summed E-state index contributed by atoms with van der Waals surface area (Å²) in [6.45, 7) is 2.00. The molecule has 13 heavy (non-hydrogen) atoms. The van der Waals surface area contributed by atoms with E-state index in [4.69, 9.17) is 0 Å². The van der Waals surface area contributed by atoms with Crippen LogP contribution in [-0.4, -0.2) is 43.0 Å². The number of methoxy groups -OCH3 is 1. The fraction of sp³-hybridized carbons (Fsp3) is 0.750. The lowest BCUT2D eigenvalue weighted by atomic mass is 10.1. The molecule has 0 saturated carbocycles. The first-order chi connectivity index (χ1) is 6.31. The van der Waals surface area contributed by atoms with Crippen LogP contribution in [0.2, 0.25) is 0 Å². The Morgan fingerprint density at radius 1 is 1.69 bits per heavy atom. The normalized spacial score (nSPS) is 28.1. The zero-order valence-corrected chi connectivity index (χ0v) is 8.26. The number of thioether (sulfide) groups is 1. The van der Waals surface area contributed by atoms with Crippen molar-refractivity contribution in [2.45, 2.75) is 6.04 Å². The summed E-state index contributed by atoms with van der Waals surface area (Å²) < 4.78 is 4.64. The van der Waals surface area contributed by atoms with Gasteiger partial charge in [0.15, 0.2) is 6.04 Å². The Bertz CT molecular complexity index is 251. The minimum Gasteiger partial charge on any atom is -0.467 e. The fourth-order valence-electron chi connectivity index (χ4n) is 1.34. The number of nitrogens with zero attached hydrogens (tertiary/aromatic N) is 1. The van der Waals surface area contributed by atoms with Crippen LogP contribution >= 0.6 is 11.8 Å². The van der Waals surface area contributed by atoms with E-state index in [0.29, 0.717) is 5.92 Å². The molecule has 0 aliphatic carbocycles. The van der Waals surface area contributed by atoms with Crippen molar-refractivity contribution in [3.05, 3.63) is 0 Å². The first-order valence-corrected chi connectivity index (χ1v) is 5.29. The van der Waals surface area contributed by atoms with Gasteiger partial charge in [-0.2, -0.15) is 0 Å². The van der Waals surface area contributed by atoms with Gasteiger partial charge in [0.1, 0.15) is 0 Å². The molecule has 2 rings (SSSR count). The van der Waals surface area contributed by atoms with E-state index in [0.717, 1.165) is 23.9 Å². The second-order valence-corrected chi connectivity index (χ2v) is 4.21. The lowest BCUT2D eigenvalue weighted by Gasteiger charge is -2.26. The predicted molar refractivity (Wildman–Crippen MR) is 52.1 cm³/mol. The quantitative estimate of drug-likeness (QED) is 0.632. The SMILES string of the molecule is COC(=O)C1CSC(C2CNC2)=N1. The molecule has 5 heteroatoms.